The molecule has 1 aromatic heterocycles. The molecule has 1 aromatic rings. The Morgan fingerprint density at radius 1 is 0.878 bits per heavy atom. The molecular formula is C36H64N6O7. The van der Waals surface area contributed by atoms with E-state index in [2.05, 4.69) is 17.1 Å². The van der Waals surface area contributed by atoms with Crippen LogP contribution in [-0.4, -0.2) is 85.3 Å². The normalized spacial score (nSPS) is 22.8. The van der Waals surface area contributed by atoms with E-state index in [1.807, 2.05) is 53.4 Å². The summed E-state index contributed by atoms with van der Waals surface area (Å²) in [7, 11) is 0. The van der Waals surface area contributed by atoms with E-state index in [1.165, 1.54) is 42.6 Å². The molecule has 13 heteroatoms. The van der Waals surface area contributed by atoms with Crippen LogP contribution in [0.5, 0.6) is 0 Å². The predicted molar refractivity (Wildman–Crippen MR) is 188 cm³/mol. The summed E-state index contributed by atoms with van der Waals surface area (Å²) in [6.45, 7) is 17.8. The van der Waals surface area contributed by atoms with Crippen molar-refractivity contribution in [3.05, 3.63) is 17.0 Å². The summed E-state index contributed by atoms with van der Waals surface area (Å²) in [6.07, 6.45) is 9.31. The first-order chi connectivity index (χ1) is 23.0. The highest BCUT2D eigenvalue weighted by molar-refractivity contribution is 6.04. The summed E-state index contributed by atoms with van der Waals surface area (Å²) < 4.78 is 11.0. The number of aromatic nitrogens is 2. The van der Waals surface area contributed by atoms with Crippen LogP contribution in [-0.2, 0) is 32.0 Å². The largest absolute Gasteiger partial charge is 0.444 e. The molecule has 280 valence electrons. The maximum atomic E-state index is 12.6. The predicted octanol–water partition coefficient (Wildman–Crippen LogP) is 7.55. The number of Topliss-reactive ketones (excluding diaryl/α,β-unsaturated/α-hetero) is 2. The second-order valence-electron chi connectivity index (χ2n) is 15.6. The maximum absolute atomic E-state index is 12.6. The second-order valence-corrected chi connectivity index (χ2v) is 15.6. The van der Waals surface area contributed by atoms with Gasteiger partial charge in [0.1, 0.15) is 22.8 Å². The Kier molecular flexibility index (Phi) is 15.9. The van der Waals surface area contributed by atoms with E-state index in [4.69, 9.17) is 25.6 Å². The number of aliphatic hydroxyl groups excluding tert-OH is 1. The van der Waals surface area contributed by atoms with Gasteiger partial charge in [-0.2, -0.15) is 5.10 Å². The number of ketones is 2. The molecule has 1 unspecified atom stereocenters. The number of carbonyl (C=O) groups is 4. The fraction of sp³-hybridized carbons (Fsp3) is 0.806. The van der Waals surface area contributed by atoms with E-state index in [0.29, 0.717) is 12.5 Å². The number of aliphatic hydroxyl groups is 1. The quantitative estimate of drug-likeness (QED) is 0.184. The minimum atomic E-state index is -0.660. The summed E-state index contributed by atoms with van der Waals surface area (Å²) in [4.78, 5) is 53.0. The molecule has 1 saturated heterocycles. The fourth-order valence-electron chi connectivity index (χ4n) is 6.94. The number of fused-ring (bicyclic) bond motifs is 1. The van der Waals surface area contributed by atoms with Gasteiger partial charge in [-0.05, 0) is 88.0 Å². The number of aromatic amines is 1. The lowest BCUT2D eigenvalue weighted by Crippen LogP contribution is -2.53. The smallest absolute Gasteiger partial charge is 0.410 e. The number of nitrogens with one attached hydrogen (secondary N) is 3. The SMILES string of the molecule is CCO.C[C@H]1CC(=O)C(C(=O)C2CCCC2)CN1C(=O)OC(C)(C)C.C[C@H]1Cc2[nH]nc(C3CCCC3)c2CN1C(=O)OC(C)(C)C.N=N.[HH]. The molecule has 4 aliphatic rings. The third kappa shape index (κ3) is 12.2. The number of piperidine rings is 1. The summed E-state index contributed by atoms with van der Waals surface area (Å²) >= 11 is 0. The van der Waals surface area contributed by atoms with Gasteiger partial charge in [0.2, 0.25) is 0 Å². The number of hydrogen-bond acceptors (Lipinski definition) is 10. The van der Waals surface area contributed by atoms with Crippen molar-refractivity contribution in [1.29, 1.82) is 11.1 Å². The lowest BCUT2D eigenvalue weighted by atomic mass is 9.83. The molecule has 2 aliphatic heterocycles. The monoisotopic (exact) mass is 692 g/mol. The van der Waals surface area contributed by atoms with Gasteiger partial charge in [0, 0.05) is 62.6 Å². The molecule has 0 spiro atoms. The molecule has 3 fully saturated rings. The van der Waals surface area contributed by atoms with Crippen LogP contribution in [0.2, 0.25) is 0 Å². The zero-order valence-electron chi connectivity index (χ0n) is 31.3. The van der Waals surface area contributed by atoms with E-state index in [9.17, 15) is 19.2 Å². The Hall–Kier alpha value is -3.35. The van der Waals surface area contributed by atoms with Crippen LogP contribution in [0.4, 0.5) is 9.59 Å². The minimum Gasteiger partial charge on any atom is -0.444 e. The van der Waals surface area contributed by atoms with Crippen LogP contribution in [0.1, 0.15) is 144 Å². The van der Waals surface area contributed by atoms with Crippen LogP contribution >= 0.6 is 0 Å². The first-order valence-corrected chi connectivity index (χ1v) is 17.9. The summed E-state index contributed by atoms with van der Waals surface area (Å²) in [6, 6.07) is -0.0748. The molecule has 2 aliphatic carbocycles. The Morgan fingerprint density at radius 2 is 1.35 bits per heavy atom. The van der Waals surface area contributed by atoms with Crippen molar-refractivity contribution in [2.75, 3.05) is 13.2 Å². The number of likely N-dealkylation sites (tertiary alicyclic amines) is 1. The van der Waals surface area contributed by atoms with E-state index in [1.54, 1.807) is 11.8 Å². The lowest BCUT2D eigenvalue weighted by Gasteiger charge is -2.37. The molecule has 13 nitrogen and oxygen atoms in total. The second kappa shape index (κ2) is 18.6. The van der Waals surface area contributed by atoms with Crippen molar-refractivity contribution >= 4 is 23.8 Å². The molecule has 3 atom stereocenters. The first kappa shape index (κ1) is 41.8. The van der Waals surface area contributed by atoms with Gasteiger partial charge in [0.05, 0.1) is 18.2 Å². The highest BCUT2D eigenvalue weighted by Crippen LogP contribution is 2.38. The molecule has 5 rings (SSSR count). The molecule has 0 radical (unpaired) electrons. The van der Waals surface area contributed by atoms with Gasteiger partial charge in [0.15, 0.2) is 0 Å². The third-order valence-corrected chi connectivity index (χ3v) is 9.24. The Labute approximate surface area is 294 Å². The molecule has 3 heterocycles. The average molecular weight is 693 g/mol. The van der Waals surface area contributed by atoms with Crippen LogP contribution in [0.15, 0.2) is 0 Å². The number of H-pyrrole nitrogens is 1. The summed E-state index contributed by atoms with van der Waals surface area (Å²) in [5.41, 5.74) is 12.6. The number of carbonyl (C=O) groups excluding carboxylic acids is 4. The Morgan fingerprint density at radius 3 is 1.86 bits per heavy atom. The van der Waals surface area contributed by atoms with Crippen molar-refractivity contribution in [2.24, 2.45) is 11.8 Å². The standard InChI is InChI=1S/C17H27N3O2.C17H27NO4.C2H6O.H2N2.H2/c1-11-9-14-13(10-20(11)16(21)22-17(2,3)4)15(19-18-14)12-7-5-6-8-12;1-11-9-14(19)13(15(20)12-7-5-6-8-12)10-18(11)16(21)22-17(2,3)4;1-2-3;1-2;/h11-12H,5-10H2,1-4H3,(H,18,19);11-13H,5-10H2,1-4H3;3H,2H2,1H3;1-2H;1H/t11-;11-,13?;;;/m00.../s1. The zero-order valence-corrected chi connectivity index (χ0v) is 31.3. The topological polar surface area (TPSA) is 190 Å². The van der Waals surface area contributed by atoms with Gasteiger partial charge in [-0.25, -0.2) is 20.7 Å². The van der Waals surface area contributed by atoms with Crippen LogP contribution < -0.4 is 0 Å². The van der Waals surface area contributed by atoms with Crippen molar-refractivity contribution in [3.63, 3.8) is 0 Å². The number of amides is 2. The van der Waals surface area contributed by atoms with Crippen molar-refractivity contribution in [2.45, 2.75) is 162 Å². The minimum absolute atomic E-state index is 0. The lowest BCUT2D eigenvalue weighted by molar-refractivity contribution is -0.139. The summed E-state index contributed by atoms with van der Waals surface area (Å²) in [5.74, 6) is -0.0873. The number of rotatable bonds is 3. The first-order valence-electron chi connectivity index (χ1n) is 17.9. The molecule has 0 bridgehead atoms. The maximum Gasteiger partial charge on any atom is 0.410 e. The molecule has 49 heavy (non-hydrogen) atoms. The van der Waals surface area contributed by atoms with Crippen molar-refractivity contribution < 1.29 is 35.2 Å². The molecular weight excluding hydrogens is 628 g/mol. The molecule has 2 amide bonds. The molecule has 0 aromatic carbocycles. The van der Waals surface area contributed by atoms with Crippen molar-refractivity contribution in [3.8, 4) is 0 Å². The van der Waals surface area contributed by atoms with Crippen LogP contribution in [0.25, 0.3) is 0 Å². The van der Waals surface area contributed by atoms with Gasteiger partial charge in [-0.3, -0.25) is 14.7 Å². The van der Waals surface area contributed by atoms with Gasteiger partial charge < -0.3 is 24.4 Å². The molecule has 2 saturated carbocycles. The van der Waals surface area contributed by atoms with Gasteiger partial charge in [-0.15, -0.1) is 0 Å². The number of ether oxygens (including phenoxy) is 2. The van der Waals surface area contributed by atoms with E-state index >= 15 is 0 Å². The summed E-state index contributed by atoms with van der Waals surface area (Å²) in [5, 5.41) is 15.4. The Balaban J connectivity index is 0.000000435. The Bertz CT molecular complexity index is 1250. The van der Waals surface area contributed by atoms with Crippen LogP contribution in [0, 0.1) is 22.9 Å². The van der Waals surface area contributed by atoms with Gasteiger partial charge in [0.25, 0.3) is 0 Å². The van der Waals surface area contributed by atoms with Gasteiger partial charge in [-0.1, -0.05) is 25.7 Å². The highest BCUT2D eigenvalue weighted by atomic mass is 16.6. The fourth-order valence-corrected chi connectivity index (χ4v) is 6.94. The van der Waals surface area contributed by atoms with Crippen molar-refractivity contribution in [1.82, 2.24) is 20.0 Å². The highest BCUT2D eigenvalue weighted by Gasteiger charge is 2.42. The number of nitrogens with zero attached hydrogens (tertiary/aromatic N) is 3. The average Bonchev–Trinajstić information content (AvgIpc) is 3.79. The van der Waals surface area contributed by atoms with E-state index in [-0.39, 0.29) is 56.7 Å². The van der Waals surface area contributed by atoms with E-state index in [0.717, 1.165) is 32.1 Å². The van der Waals surface area contributed by atoms with Gasteiger partial charge >= 0.3 is 12.2 Å². The third-order valence-electron chi connectivity index (χ3n) is 9.24. The van der Waals surface area contributed by atoms with E-state index < -0.39 is 23.2 Å². The molecule has 4 N–H and O–H groups in total. The zero-order chi connectivity index (χ0) is 37.1. The number of hydrogen-bond donors (Lipinski definition) is 4. The van der Waals surface area contributed by atoms with Crippen LogP contribution in [0.3, 0.4) is 0 Å².